The third kappa shape index (κ3) is 4.56. The average molecular weight is 551 g/mol. The van der Waals surface area contributed by atoms with Crippen LogP contribution < -0.4 is 9.64 Å². The van der Waals surface area contributed by atoms with Gasteiger partial charge in [-0.3, -0.25) is 4.79 Å². The molecule has 3 aliphatic heterocycles. The monoisotopic (exact) mass is 550 g/mol. The lowest BCUT2D eigenvalue weighted by atomic mass is 10.0. The topological polar surface area (TPSA) is 125 Å². The molecule has 38 heavy (non-hydrogen) atoms. The van der Waals surface area contributed by atoms with Crippen molar-refractivity contribution in [3.8, 4) is 22.8 Å². The van der Waals surface area contributed by atoms with Gasteiger partial charge in [-0.1, -0.05) is 17.7 Å². The highest BCUT2D eigenvalue weighted by Crippen LogP contribution is 2.46. The van der Waals surface area contributed by atoms with Gasteiger partial charge in [-0.2, -0.15) is 0 Å². The van der Waals surface area contributed by atoms with E-state index in [2.05, 4.69) is 4.98 Å². The highest BCUT2D eigenvalue weighted by Gasteiger charge is 2.42. The molecule has 13 heteroatoms. The lowest BCUT2D eigenvalue weighted by molar-refractivity contribution is -0.0841. The van der Waals surface area contributed by atoms with Gasteiger partial charge in [-0.05, 0) is 19.1 Å². The molecule has 0 bridgehead atoms. The summed E-state index contributed by atoms with van der Waals surface area (Å²) >= 11 is 6.73. The normalized spacial score (nSPS) is 23.4. The van der Waals surface area contributed by atoms with E-state index in [1.54, 1.807) is 12.0 Å². The summed E-state index contributed by atoms with van der Waals surface area (Å²) in [5.41, 5.74) is -0.908. The summed E-state index contributed by atoms with van der Waals surface area (Å²) in [6, 6.07) is 3.29. The number of morpholine rings is 1. The average Bonchev–Trinajstić information content (AvgIpc) is 3.02. The second kappa shape index (κ2) is 10.1. The molecule has 0 radical (unpaired) electrons. The molecule has 5 rings (SSSR count). The van der Waals surface area contributed by atoms with Crippen LogP contribution in [0.4, 0.5) is 15.0 Å². The summed E-state index contributed by atoms with van der Waals surface area (Å²) in [5, 5.41) is 19.9. The maximum atomic E-state index is 15.0. The van der Waals surface area contributed by atoms with E-state index in [1.807, 2.05) is 11.8 Å². The Labute approximate surface area is 223 Å². The molecule has 0 spiro atoms. The predicted molar refractivity (Wildman–Crippen MR) is 135 cm³/mol. The summed E-state index contributed by atoms with van der Waals surface area (Å²) < 4.78 is 32.3. The highest BCUT2D eigenvalue weighted by molar-refractivity contribution is 6.35. The van der Waals surface area contributed by atoms with Crippen molar-refractivity contribution < 1.29 is 38.4 Å². The Hall–Kier alpha value is -3.35. The molecule has 1 aromatic carbocycles. The number of carboxylic acid groups (broad SMARTS) is 1. The number of carbonyl (C=O) groups is 2. The molecule has 1 unspecified atom stereocenters. The SMILES string of the molecule is COCC1(C)CN(c2nc(-c3c(O)cccc3F)c(Cl)c3c2C(=O)N2CCN(C(=O)O)C[C@@H]2CO3)CCO1. The van der Waals surface area contributed by atoms with E-state index in [0.29, 0.717) is 19.7 Å². The van der Waals surface area contributed by atoms with Crippen molar-refractivity contribution in [2.75, 3.05) is 64.6 Å². The van der Waals surface area contributed by atoms with E-state index >= 15 is 0 Å². The maximum absolute atomic E-state index is 15.0. The van der Waals surface area contributed by atoms with Gasteiger partial charge in [0.2, 0.25) is 0 Å². The number of ether oxygens (including phenoxy) is 3. The number of phenols is 1. The largest absolute Gasteiger partial charge is 0.507 e. The van der Waals surface area contributed by atoms with E-state index in [0.717, 1.165) is 0 Å². The molecule has 0 saturated carbocycles. The van der Waals surface area contributed by atoms with Gasteiger partial charge in [0.15, 0.2) is 5.75 Å². The molecule has 0 aliphatic carbocycles. The first kappa shape index (κ1) is 26.3. The van der Waals surface area contributed by atoms with Crippen LogP contribution in [-0.2, 0) is 9.47 Å². The fourth-order valence-electron chi connectivity index (χ4n) is 5.27. The zero-order chi connectivity index (χ0) is 27.2. The number of nitrogens with zero attached hydrogens (tertiary/aromatic N) is 4. The zero-order valence-corrected chi connectivity index (χ0v) is 21.7. The molecule has 3 aliphatic rings. The van der Waals surface area contributed by atoms with Crippen LogP contribution in [0.15, 0.2) is 18.2 Å². The minimum Gasteiger partial charge on any atom is -0.507 e. The smallest absolute Gasteiger partial charge is 0.407 e. The lowest BCUT2D eigenvalue weighted by Gasteiger charge is -2.41. The summed E-state index contributed by atoms with van der Waals surface area (Å²) in [6.07, 6.45) is -1.08. The van der Waals surface area contributed by atoms with E-state index in [-0.39, 0.29) is 72.0 Å². The number of hydrogen-bond donors (Lipinski definition) is 2. The van der Waals surface area contributed by atoms with Crippen molar-refractivity contribution in [3.63, 3.8) is 0 Å². The van der Waals surface area contributed by atoms with Crippen LogP contribution in [0.25, 0.3) is 11.3 Å². The Balaban J connectivity index is 1.67. The quantitative estimate of drug-likeness (QED) is 0.591. The number of halogens is 2. The number of phenolic OH excluding ortho intramolecular Hbond substituents is 1. The predicted octanol–water partition coefficient (Wildman–Crippen LogP) is 2.69. The minimum atomic E-state index is -1.08. The number of aromatic hydroxyl groups is 1. The number of anilines is 1. The number of pyridine rings is 1. The molecule has 204 valence electrons. The van der Waals surface area contributed by atoms with Crippen molar-refractivity contribution in [1.82, 2.24) is 14.8 Å². The van der Waals surface area contributed by atoms with Crippen LogP contribution in [0.5, 0.6) is 11.5 Å². The molecular weight excluding hydrogens is 523 g/mol. The van der Waals surface area contributed by atoms with E-state index in [4.69, 9.17) is 25.8 Å². The molecule has 1 aromatic heterocycles. The summed E-state index contributed by atoms with van der Waals surface area (Å²) in [6.45, 7) is 3.49. The van der Waals surface area contributed by atoms with Gasteiger partial charge >= 0.3 is 6.09 Å². The van der Waals surface area contributed by atoms with Gasteiger partial charge in [0.25, 0.3) is 5.91 Å². The minimum absolute atomic E-state index is 0.00975. The number of amides is 2. The number of hydrogen-bond acceptors (Lipinski definition) is 8. The number of rotatable bonds is 4. The van der Waals surface area contributed by atoms with Crippen molar-refractivity contribution in [3.05, 3.63) is 34.6 Å². The van der Waals surface area contributed by atoms with Crippen LogP contribution in [-0.4, -0.2) is 108 Å². The molecule has 2 amide bonds. The number of piperazine rings is 1. The molecule has 2 N–H and O–H groups in total. The molecule has 2 atom stereocenters. The fraction of sp³-hybridized carbons (Fsp3) is 0.480. The van der Waals surface area contributed by atoms with Crippen molar-refractivity contribution in [2.24, 2.45) is 0 Å². The third-order valence-electron chi connectivity index (χ3n) is 7.04. The van der Waals surface area contributed by atoms with Crippen molar-refractivity contribution >= 4 is 29.4 Å². The maximum Gasteiger partial charge on any atom is 0.407 e. The number of methoxy groups -OCH3 is 1. The number of benzene rings is 1. The Morgan fingerprint density at radius 3 is 2.82 bits per heavy atom. The standard InChI is InChI=1S/C25H28ClFN4O7/c1-25(13-36-2)12-30(8-9-38-25)22-18-21(19(26)20(28-22)17-15(27)4-3-5-16(17)32)37-11-14-10-29(24(34)35)6-7-31(14)23(18)33/h3-5,14,32H,6-13H2,1-2H3,(H,34,35)/t14-,25?/m1/s1. The zero-order valence-electron chi connectivity index (χ0n) is 20.9. The van der Waals surface area contributed by atoms with Gasteiger partial charge in [-0.15, -0.1) is 0 Å². The van der Waals surface area contributed by atoms with Crippen LogP contribution in [0.1, 0.15) is 17.3 Å². The highest BCUT2D eigenvalue weighted by atomic mass is 35.5. The molecular formula is C25H28ClFN4O7. The van der Waals surface area contributed by atoms with Crippen molar-refractivity contribution in [2.45, 2.75) is 18.6 Å². The van der Waals surface area contributed by atoms with Crippen LogP contribution in [0.3, 0.4) is 0 Å². The molecule has 11 nitrogen and oxygen atoms in total. The van der Waals surface area contributed by atoms with Gasteiger partial charge in [-0.25, -0.2) is 14.2 Å². The van der Waals surface area contributed by atoms with Gasteiger partial charge in [0, 0.05) is 33.3 Å². The summed E-state index contributed by atoms with van der Waals surface area (Å²) in [4.78, 5) is 34.9. The van der Waals surface area contributed by atoms with E-state index in [9.17, 15) is 24.2 Å². The van der Waals surface area contributed by atoms with Gasteiger partial charge < -0.3 is 39.1 Å². The molecule has 2 aromatic rings. The molecule has 4 heterocycles. The first-order valence-electron chi connectivity index (χ1n) is 12.1. The number of carbonyl (C=O) groups excluding carboxylic acids is 1. The van der Waals surface area contributed by atoms with Crippen LogP contribution >= 0.6 is 11.6 Å². The first-order valence-corrected chi connectivity index (χ1v) is 12.5. The third-order valence-corrected chi connectivity index (χ3v) is 7.39. The summed E-state index contributed by atoms with van der Waals surface area (Å²) in [7, 11) is 1.56. The van der Waals surface area contributed by atoms with Crippen molar-refractivity contribution in [1.29, 1.82) is 0 Å². The second-order valence-corrected chi connectivity index (χ2v) is 10.2. The van der Waals surface area contributed by atoms with Gasteiger partial charge in [0.1, 0.15) is 45.9 Å². The second-order valence-electron chi connectivity index (χ2n) is 9.78. The van der Waals surface area contributed by atoms with Crippen LogP contribution in [0.2, 0.25) is 5.02 Å². The number of fused-ring (bicyclic) bond motifs is 2. The first-order chi connectivity index (χ1) is 18.1. The summed E-state index contributed by atoms with van der Waals surface area (Å²) in [5.74, 6) is -1.31. The van der Waals surface area contributed by atoms with Gasteiger partial charge in [0.05, 0.1) is 31.4 Å². The molecule has 2 fully saturated rings. The van der Waals surface area contributed by atoms with Crippen LogP contribution in [0, 0.1) is 5.82 Å². The van der Waals surface area contributed by atoms with E-state index < -0.39 is 29.5 Å². The Bertz CT molecular complexity index is 1260. The Morgan fingerprint density at radius 1 is 1.32 bits per heavy atom. The molecule has 2 saturated heterocycles. The Kier molecular flexibility index (Phi) is 6.97. The lowest BCUT2D eigenvalue weighted by Crippen LogP contribution is -2.57. The number of aromatic nitrogens is 1. The Morgan fingerprint density at radius 2 is 2.11 bits per heavy atom. The van der Waals surface area contributed by atoms with E-state index in [1.165, 1.54) is 23.1 Å². The fourth-order valence-corrected chi connectivity index (χ4v) is 5.55.